The average molecular weight is 345 g/mol. The smallest absolute Gasteiger partial charge is 0.321 e. The minimum Gasteiger partial charge on any atom is -0.393 e. The Balaban J connectivity index is 1.50. The first kappa shape index (κ1) is 18.1. The lowest BCUT2D eigenvalue weighted by molar-refractivity contribution is 0.0820. The van der Waals surface area contributed by atoms with Crippen LogP contribution in [-0.2, 0) is 0 Å². The molecule has 5 nitrogen and oxygen atoms in total. The van der Waals surface area contributed by atoms with E-state index in [9.17, 15) is 9.90 Å². The zero-order valence-corrected chi connectivity index (χ0v) is 15.4. The van der Waals surface area contributed by atoms with Gasteiger partial charge in [-0.1, -0.05) is 6.92 Å². The second-order valence-corrected chi connectivity index (χ2v) is 7.71. The highest BCUT2D eigenvalue weighted by Gasteiger charge is 2.25. The molecule has 2 heterocycles. The lowest BCUT2D eigenvalue weighted by atomic mass is 9.92. The number of anilines is 2. The summed E-state index contributed by atoms with van der Waals surface area (Å²) in [6, 6.07) is 8.15. The van der Waals surface area contributed by atoms with Crippen molar-refractivity contribution in [1.29, 1.82) is 0 Å². The summed E-state index contributed by atoms with van der Waals surface area (Å²) < 4.78 is 0. The van der Waals surface area contributed by atoms with E-state index in [2.05, 4.69) is 29.3 Å². The highest BCUT2D eigenvalue weighted by Crippen LogP contribution is 2.25. The van der Waals surface area contributed by atoms with Gasteiger partial charge in [0.25, 0.3) is 0 Å². The molecule has 0 spiro atoms. The molecule has 2 N–H and O–H groups in total. The number of aliphatic hydroxyl groups is 1. The maximum absolute atomic E-state index is 12.4. The van der Waals surface area contributed by atoms with E-state index < -0.39 is 0 Å². The van der Waals surface area contributed by atoms with Crippen molar-refractivity contribution in [1.82, 2.24) is 4.90 Å². The normalized spacial score (nSPS) is 21.2. The third-order valence-corrected chi connectivity index (χ3v) is 5.78. The molecule has 1 unspecified atom stereocenters. The molecule has 1 aromatic carbocycles. The van der Waals surface area contributed by atoms with Crippen LogP contribution in [0.2, 0.25) is 0 Å². The maximum atomic E-state index is 12.4. The molecule has 25 heavy (non-hydrogen) atoms. The molecule has 1 aromatic rings. The number of rotatable bonds is 3. The molecule has 2 saturated heterocycles. The van der Waals surface area contributed by atoms with E-state index in [0.29, 0.717) is 19.0 Å². The number of carbonyl (C=O) groups is 1. The number of nitrogens with one attached hydrogen (secondary N) is 1. The van der Waals surface area contributed by atoms with Crippen LogP contribution in [0.15, 0.2) is 24.3 Å². The van der Waals surface area contributed by atoms with Gasteiger partial charge in [-0.2, -0.15) is 0 Å². The summed E-state index contributed by atoms with van der Waals surface area (Å²) in [5, 5.41) is 12.7. The van der Waals surface area contributed by atoms with Gasteiger partial charge in [-0.15, -0.1) is 0 Å². The van der Waals surface area contributed by atoms with Crippen molar-refractivity contribution in [2.45, 2.75) is 45.6 Å². The number of likely N-dealkylation sites (tertiary alicyclic amines) is 1. The number of urea groups is 1. The van der Waals surface area contributed by atoms with Crippen LogP contribution in [0.25, 0.3) is 0 Å². The molecule has 2 amide bonds. The number of hydrogen-bond donors (Lipinski definition) is 2. The lowest BCUT2D eigenvalue weighted by Crippen LogP contribution is -2.42. The Labute approximate surface area is 151 Å². The molecular weight excluding hydrogens is 314 g/mol. The first-order chi connectivity index (χ1) is 12.0. The van der Waals surface area contributed by atoms with E-state index in [1.54, 1.807) is 0 Å². The predicted octanol–water partition coefficient (Wildman–Crippen LogP) is 3.55. The zero-order valence-electron chi connectivity index (χ0n) is 15.4. The minimum absolute atomic E-state index is 0.0383. The van der Waals surface area contributed by atoms with Crippen molar-refractivity contribution in [3.63, 3.8) is 0 Å². The summed E-state index contributed by atoms with van der Waals surface area (Å²) in [7, 11) is 0. The van der Waals surface area contributed by atoms with Gasteiger partial charge >= 0.3 is 6.03 Å². The fourth-order valence-electron chi connectivity index (χ4n) is 3.81. The van der Waals surface area contributed by atoms with Crippen molar-refractivity contribution in [2.24, 2.45) is 11.8 Å². The van der Waals surface area contributed by atoms with E-state index in [4.69, 9.17) is 0 Å². The van der Waals surface area contributed by atoms with Crippen molar-refractivity contribution >= 4 is 17.4 Å². The Morgan fingerprint density at radius 3 is 2.24 bits per heavy atom. The Kier molecular flexibility index (Phi) is 5.84. The van der Waals surface area contributed by atoms with Gasteiger partial charge in [0.2, 0.25) is 0 Å². The first-order valence-electron chi connectivity index (χ1n) is 9.62. The zero-order chi connectivity index (χ0) is 17.8. The lowest BCUT2D eigenvalue weighted by Gasteiger charge is -2.33. The molecule has 5 heteroatoms. The Morgan fingerprint density at radius 2 is 1.68 bits per heavy atom. The second kappa shape index (κ2) is 8.09. The average Bonchev–Trinajstić information content (AvgIpc) is 2.63. The van der Waals surface area contributed by atoms with E-state index in [0.717, 1.165) is 37.5 Å². The summed E-state index contributed by atoms with van der Waals surface area (Å²) in [6.07, 6.45) is 3.96. The maximum Gasteiger partial charge on any atom is 0.321 e. The topological polar surface area (TPSA) is 55.8 Å². The number of carbonyl (C=O) groups excluding carboxylic acids is 1. The molecule has 0 saturated carbocycles. The van der Waals surface area contributed by atoms with Gasteiger partial charge in [0.1, 0.15) is 0 Å². The monoisotopic (exact) mass is 345 g/mol. The molecule has 2 fully saturated rings. The minimum atomic E-state index is -0.282. The van der Waals surface area contributed by atoms with Gasteiger partial charge in [-0.3, -0.25) is 0 Å². The van der Waals surface area contributed by atoms with Crippen LogP contribution >= 0.6 is 0 Å². The Morgan fingerprint density at radius 1 is 1.08 bits per heavy atom. The van der Waals surface area contributed by atoms with Crippen LogP contribution < -0.4 is 10.2 Å². The third-order valence-electron chi connectivity index (χ3n) is 5.78. The van der Waals surface area contributed by atoms with Crippen molar-refractivity contribution < 1.29 is 9.90 Å². The first-order valence-corrected chi connectivity index (χ1v) is 9.62. The molecule has 0 radical (unpaired) electrons. The number of amides is 2. The summed E-state index contributed by atoms with van der Waals surface area (Å²) in [5.74, 6) is 1.14. The highest BCUT2D eigenvalue weighted by atomic mass is 16.3. The molecule has 1 atom stereocenters. The molecule has 0 bridgehead atoms. The van der Waals surface area contributed by atoms with Gasteiger partial charge in [0.05, 0.1) is 6.10 Å². The summed E-state index contributed by atoms with van der Waals surface area (Å²) in [6.45, 7) is 7.82. The Bertz CT molecular complexity index is 557. The molecule has 0 aliphatic carbocycles. The van der Waals surface area contributed by atoms with Crippen LogP contribution in [0.3, 0.4) is 0 Å². The number of nitrogens with zero attached hydrogens (tertiary/aromatic N) is 2. The fraction of sp³-hybridized carbons (Fsp3) is 0.650. The summed E-state index contributed by atoms with van der Waals surface area (Å²) in [4.78, 5) is 16.7. The van der Waals surface area contributed by atoms with Crippen molar-refractivity contribution in [3.05, 3.63) is 24.3 Å². The number of benzene rings is 1. The predicted molar refractivity (Wildman–Crippen MR) is 102 cm³/mol. The molecule has 0 aromatic heterocycles. The SMILES string of the molecule is CC1CCN(c2ccc(NC(=O)N3CCC(C(C)O)CC3)cc2)CC1. The molecule has 3 rings (SSSR count). The van der Waals surface area contributed by atoms with Crippen LogP contribution in [0.4, 0.5) is 16.2 Å². The Hall–Kier alpha value is -1.75. The quantitative estimate of drug-likeness (QED) is 0.881. The fourth-order valence-corrected chi connectivity index (χ4v) is 3.81. The van der Waals surface area contributed by atoms with Gasteiger partial charge in [0.15, 0.2) is 0 Å². The van der Waals surface area contributed by atoms with E-state index >= 15 is 0 Å². The molecular formula is C20H31N3O2. The van der Waals surface area contributed by atoms with Gasteiger partial charge in [-0.05, 0) is 68.7 Å². The highest BCUT2D eigenvalue weighted by molar-refractivity contribution is 5.89. The largest absolute Gasteiger partial charge is 0.393 e. The van der Waals surface area contributed by atoms with Crippen molar-refractivity contribution in [3.8, 4) is 0 Å². The standard InChI is InChI=1S/C20H31N3O2/c1-15-7-11-22(12-8-15)19-5-3-18(4-6-19)21-20(25)23-13-9-17(10-14-23)16(2)24/h3-6,15-17,24H,7-14H2,1-2H3,(H,21,25). The van der Waals surface area contributed by atoms with E-state index in [1.807, 2.05) is 24.0 Å². The third kappa shape index (κ3) is 4.66. The van der Waals surface area contributed by atoms with Crippen molar-refractivity contribution in [2.75, 3.05) is 36.4 Å². The van der Waals surface area contributed by atoms with Crippen LogP contribution in [0, 0.1) is 11.8 Å². The van der Waals surface area contributed by atoms with Crippen LogP contribution in [0.5, 0.6) is 0 Å². The van der Waals surface area contributed by atoms with E-state index in [-0.39, 0.29) is 12.1 Å². The van der Waals surface area contributed by atoms with Gasteiger partial charge in [0, 0.05) is 37.6 Å². The van der Waals surface area contributed by atoms with Gasteiger partial charge < -0.3 is 20.2 Å². The summed E-state index contributed by atoms with van der Waals surface area (Å²) in [5.41, 5.74) is 2.08. The number of aliphatic hydroxyl groups excluding tert-OH is 1. The molecule has 2 aliphatic rings. The second-order valence-electron chi connectivity index (χ2n) is 7.71. The van der Waals surface area contributed by atoms with Crippen LogP contribution in [0.1, 0.15) is 39.5 Å². The summed E-state index contributed by atoms with van der Waals surface area (Å²) >= 11 is 0. The number of piperidine rings is 2. The molecule has 138 valence electrons. The van der Waals surface area contributed by atoms with Gasteiger partial charge in [-0.25, -0.2) is 4.79 Å². The van der Waals surface area contributed by atoms with E-state index in [1.165, 1.54) is 18.5 Å². The number of hydrogen-bond acceptors (Lipinski definition) is 3. The molecule has 2 aliphatic heterocycles. The van der Waals surface area contributed by atoms with Crippen LogP contribution in [-0.4, -0.2) is 48.3 Å².